The summed E-state index contributed by atoms with van der Waals surface area (Å²) in [7, 11) is 3.42. The average Bonchev–Trinajstić information content (AvgIpc) is 2.75. The summed E-state index contributed by atoms with van der Waals surface area (Å²) in [5.74, 6) is 2.21. The van der Waals surface area contributed by atoms with Crippen LogP contribution in [0, 0.1) is 0 Å². The number of rotatable bonds is 11. The van der Waals surface area contributed by atoms with Crippen LogP contribution in [0.25, 0.3) is 0 Å². The van der Waals surface area contributed by atoms with Gasteiger partial charge in [0.1, 0.15) is 6.61 Å². The van der Waals surface area contributed by atoms with Gasteiger partial charge in [-0.3, -0.25) is 4.99 Å². The SMILES string of the molecule is CCOCCCNC(=NC)NCc1ccc(OCc2ccccc2)c(OC)c1.I. The molecule has 6 nitrogen and oxygen atoms in total. The van der Waals surface area contributed by atoms with E-state index in [1.165, 1.54) is 0 Å². The standard InChI is InChI=1S/C22H31N3O3.HI/c1-4-27-14-8-13-24-22(23-2)25-16-19-11-12-20(21(15-19)26-3)28-17-18-9-6-5-7-10-18;/h5-7,9-12,15H,4,8,13-14,16-17H2,1-3H3,(H2,23,24,25);1H. The van der Waals surface area contributed by atoms with E-state index >= 15 is 0 Å². The molecule has 0 fully saturated rings. The molecular formula is C22H32IN3O3. The lowest BCUT2D eigenvalue weighted by atomic mass is 10.2. The number of ether oxygens (including phenoxy) is 3. The van der Waals surface area contributed by atoms with E-state index in [4.69, 9.17) is 14.2 Å². The number of hydrogen-bond donors (Lipinski definition) is 2. The van der Waals surface area contributed by atoms with Crippen LogP contribution in [0.5, 0.6) is 11.5 Å². The first-order chi connectivity index (χ1) is 13.8. The Morgan fingerprint density at radius 1 is 1.00 bits per heavy atom. The number of hydrogen-bond acceptors (Lipinski definition) is 4. The van der Waals surface area contributed by atoms with Crippen LogP contribution in [0.15, 0.2) is 53.5 Å². The summed E-state index contributed by atoms with van der Waals surface area (Å²) in [4.78, 5) is 4.24. The number of benzene rings is 2. The Labute approximate surface area is 191 Å². The molecule has 0 radical (unpaired) electrons. The van der Waals surface area contributed by atoms with Crippen LogP contribution in [0.4, 0.5) is 0 Å². The van der Waals surface area contributed by atoms with Crippen molar-refractivity contribution in [1.82, 2.24) is 10.6 Å². The first kappa shape index (κ1) is 25.0. The molecule has 0 saturated heterocycles. The van der Waals surface area contributed by atoms with Gasteiger partial charge < -0.3 is 24.8 Å². The summed E-state index contributed by atoms with van der Waals surface area (Å²) in [5.41, 5.74) is 2.20. The highest BCUT2D eigenvalue weighted by Crippen LogP contribution is 2.28. The minimum atomic E-state index is 0. The second kappa shape index (κ2) is 14.9. The first-order valence-corrected chi connectivity index (χ1v) is 9.62. The van der Waals surface area contributed by atoms with E-state index in [1.807, 2.05) is 55.5 Å². The van der Waals surface area contributed by atoms with Gasteiger partial charge in [-0.25, -0.2) is 0 Å². The Hall–Kier alpha value is -2.00. The molecule has 2 aromatic carbocycles. The zero-order chi connectivity index (χ0) is 20.0. The molecule has 0 aromatic heterocycles. The van der Waals surface area contributed by atoms with Gasteiger partial charge in [0.05, 0.1) is 7.11 Å². The summed E-state index contributed by atoms with van der Waals surface area (Å²) < 4.78 is 16.7. The Bertz CT molecular complexity index is 726. The van der Waals surface area contributed by atoms with Crippen molar-refractivity contribution in [3.8, 4) is 11.5 Å². The van der Waals surface area contributed by atoms with Crippen molar-refractivity contribution >= 4 is 29.9 Å². The van der Waals surface area contributed by atoms with Crippen molar-refractivity contribution in [3.63, 3.8) is 0 Å². The molecule has 0 aliphatic carbocycles. The number of nitrogens with one attached hydrogen (secondary N) is 2. The van der Waals surface area contributed by atoms with E-state index in [-0.39, 0.29) is 24.0 Å². The fourth-order valence-corrected chi connectivity index (χ4v) is 2.61. The smallest absolute Gasteiger partial charge is 0.191 e. The number of aliphatic imine (C=N–C) groups is 1. The van der Waals surface area contributed by atoms with Gasteiger partial charge >= 0.3 is 0 Å². The van der Waals surface area contributed by atoms with E-state index < -0.39 is 0 Å². The van der Waals surface area contributed by atoms with Crippen LogP contribution in [0.3, 0.4) is 0 Å². The second-order valence-corrected chi connectivity index (χ2v) is 6.16. The molecule has 0 atom stereocenters. The zero-order valence-corrected chi connectivity index (χ0v) is 19.8. The minimum Gasteiger partial charge on any atom is -0.493 e. The quantitative estimate of drug-likeness (QED) is 0.206. The molecule has 0 aliphatic rings. The lowest BCUT2D eigenvalue weighted by molar-refractivity contribution is 0.145. The van der Waals surface area contributed by atoms with E-state index in [1.54, 1.807) is 14.2 Å². The van der Waals surface area contributed by atoms with Gasteiger partial charge in [-0.2, -0.15) is 0 Å². The van der Waals surface area contributed by atoms with Crippen LogP contribution in [-0.4, -0.2) is 39.9 Å². The van der Waals surface area contributed by atoms with Crippen molar-refractivity contribution in [1.29, 1.82) is 0 Å². The molecule has 7 heteroatoms. The Balaban J connectivity index is 0.00000420. The van der Waals surface area contributed by atoms with Crippen LogP contribution >= 0.6 is 24.0 Å². The lowest BCUT2D eigenvalue weighted by Crippen LogP contribution is -2.37. The minimum absolute atomic E-state index is 0. The number of guanidine groups is 1. The van der Waals surface area contributed by atoms with Gasteiger partial charge in [-0.15, -0.1) is 24.0 Å². The molecule has 160 valence electrons. The van der Waals surface area contributed by atoms with E-state index in [0.717, 1.165) is 54.8 Å². The van der Waals surface area contributed by atoms with Gasteiger partial charge in [0.25, 0.3) is 0 Å². The Kier molecular flexibility index (Phi) is 12.9. The van der Waals surface area contributed by atoms with Crippen molar-refractivity contribution in [2.45, 2.75) is 26.5 Å². The highest BCUT2D eigenvalue weighted by Gasteiger charge is 2.07. The lowest BCUT2D eigenvalue weighted by Gasteiger charge is -2.14. The molecule has 2 N–H and O–H groups in total. The van der Waals surface area contributed by atoms with E-state index in [9.17, 15) is 0 Å². The predicted molar refractivity (Wildman–Crippen MR) is 128 cm³/mol. The van der Waals surface area contributed by atoms with Gasteiger partial charge in [-0.05, 0) is 36.6 Å². The Morgan fingerprint density at radius 2 is 1.79 bits per heavy atom. The van der Waals surface area contributed by atoms with Crippen molar-refractivity contribution in [3.05, 3.63) is 59.7 Å². The normalized spacial score (nSPS) is 10.8. The van der Waals surface area contributed by atoms with Crippen LogP contribution < -0.4 is 20.1 Å². The molecule has 2 rings (SSSR count). The zero-order valence-electron chi connectivity index (χ0n) is 17.4. The van der Waals surface area contributed by atoms with Gasteiger partial charge in [0.2, 0.25) is 0 Å². The first-order valence-electron chi connectivity index (χ1n) is 9.62. The summed E-state index contributed by atoms with van der Waals surface area (Å²) >= 11 is 0. The third kappa shape index (κ3) is 9.36. The molecule has 0 unspecified atom stereocenters. The molecule has 29 heavy (non-hydrogen) atoms. The second-order valence-electron chi connectivity index (χ2n) is 6.16. The fraction of sp³-hybridized carbons (Fsp3) is 0.409. The van der Waals surface area contributed by atoms with Crippen LogP contribution in [-0.2, 0) is 17.9 Å². The molecule has 0 bridgehead atoms. The predicted octanol–water partition coefficient (Wildman–Crippen LogP) is 3.98. The van der Waals surface area contributed by atoms with E-state index in [0.29, 0.717) is 13.2 Å². The largest absolute Gasteiger partial charge is 0.493 e. The topological polar surface area (TPSA) is 64.1 Å². The summed E-state index contributed by atoms with van der Waals surface area (Å²) in [6.07, 6.45) is 0.940. The molecule has 0 heterocycles. The number of methoxy groups -OCH3 is 1. The highest BCUT2D eigenvalue weighted by atomic mass is 127. The van der Waals surface area contributed by atoms with Crippen LogP contribution in [0.2, 0.25) is 0 Å². The van der Waals surface area contributed by atoms with Gasteiger partial charge in [0.15, 0.2) is 17.5 Å². The maximum Gasteiger partial charge on any atom is 0.191 e. The number of nitrogens with zero attached hydrogens (tertiary/aromatic N) is 1. The Morgan fingerprint density at radius 3 is 2.48 bits per heavy atom. The fourth-order valence-electron chi connectivity index (χ4n) is 2.61. The molecular weight excluding hydrogens is 481 g/mol. The third-order valence-electron chi connectivity index (χ3n) is 4.11. The van der Waals surface area contributed by atoms with Crippen LogP contribution in [0.1, 0.15) is 24.5 Å². The average molecular weight is 513 g/mol. The molecule has 0 aliphatic heterocycles. The maximum absolute atomic E-state index is 5.91. The molecule has 0 saturated carbocycles. The molecule has 0 amide bonds. The summed E-state index contributed by atoms with van der Waals surface area (Å²) in [6, 6.07) is 16.0. The monoisotopic (exact) mass is 513 g/mol. The maximum atomic E-state index is 5.91. The van der Waals surface area contributed by atoms with Gasteiger partial charge in [0, 0.05) is 33.4 Å². The third-order valence-corrected chi connectivity index (χ3v) is 4.11. The van der Waals surface area contributed by atoms with Crippen molar-refractivity contribution < 1.29 is 14.2 Å². The highest BCUT2D eigenvalue weighted by molar-refractivity contribution is 14.0. The summed E-state index contributed by atoms with van der Waals surface area (Å²) in [5, 5.41) is 6.59. The van der Waals surface area contributed by atoms with Crippen molar-refractivity contribution in [2.24, 2.45) is 4.99 Å². The molecule has 0 spiro atoms. The van der Waals surface area contributed by atoms with E-state index in [2.05, 4.69) is 15.6 Å². The number of halogens is 1. The molecule has 2 aromatic rings. The summed E-state index contributed by atoms with van der Waals surface area (Å²) in [6.45, 7) is 5.46. The van der Waals surface area contributed by atoms with Crippen molar-refractivity contribution in [2.75, 3.05) is 33.9 Å². The van der Waals surface area contributed by atoms with Gasteiger partial charge in [-0.1, -0.05) is 36.4 Å².